The van der Waals surface area contributed by atoms with Crippen LogP contribution in [-0.2, 0) is 0 Å². The second-order valence-corrected chi connectivity index (χ2v) is 4.02. The van der Waals surface area contributed by atoms with E-state index in [1.165, 1.54) is 51.7 Å². The summed E-state index contributed by atoms with van der Waals surface area (Å²) >= 11 is 0. The van der Waals surface area contributed by atoms with Crippen LogP contribution in [-0.4, -0.2) is 24.5 Å². The van der Waals surface area contributed by atoms with Crippen LogP contribution in [0.2, 0.25) is 0 Å². The van der Waals surface area contributed by atoms with Crippen molar-refractivity contribution in [3.05, 3.63) is 0 Å². The van der Waals surface area contributed by atoms with Crippen molar-refractivity contribution in [2.24, 2.45) is 5.92 Å². The first kappa shape index (κ1) is 10.0. The van der Waals surface area contributed by atoms with Crippen LogP contribution in [0, 0.1) is 5.92 Å². The minimum Gasteiger partial charge on any atom is -0.304 e. The summed E-state index contributed by atoms with van der Waals surface area (Å²) in [7, 11) is 0. The van der Waals surface area contributed by atoms with E-state index in [1.54, 1.807) is 0 Å². The van der Waals surface area contributed by atoms with E-state index in [2.05, 4.69) is 18.7 Å². The Morgan fingerprint density at radius 2 is 1.92 bits per heavy atom. The Hall–Kier alpha value is -0.0400. The zero-order chi connectivity index (χ0) is 8.81. The summed E-state index contributed by atoms with van der Waals surface area (Å²) in [5.74, 6) is 1.08. The zero-order valence-electron chi connectivity index (χ0n) is 8.68. The van der Waals surface area contributed by atoms with Crippen molar-refractivity contribution in [2.45, 2.75) is 46.0 Å². The van der Waals surface area contributed by atoms with E-state index in [9.17, 15) is 0 Å². The Labute approximate surface area is 77.1 Å². The largest absolute Gasteiger partial charge is 0.304 e. The SMILES string of the molecule is CCCN(CC)CCC1CCC1. The van der Waals surface area contributed by atoms with Gasteiger partial charge in [0.05, 0.1) is 0 Å². The average molecular weight is 169 g/mol. The van der Waals surface area contributed by atoms with Gasteiger partial charge in [-0.2, -0.15) is 0 Å². The molecule has 0 aromatic rings. The van der Waals surface area contributed by atoms with Gasteiger partial charge in [0.15, 0.2) is 0 Å². The van der Waals surface area contributed by atoms with Crippen LogP contribution in [0.5, 0.6) is 0 Å². The third-order valence-corrected chi connectivity index (χ3v) is 3.07. The van der Waals surface area contributed by atoms with E-state index in [0.29, 0.717) is 0 Å². The van der Waals surface area contributed by atoms with Gasteiger partial charge >= 0.3 is 0 Å². The van der Waals surface area contributed by atoms with Crippen molar-refractivity contribution < 1.29 is 0 Å². The highest BCUT2D eigenvalue weighted by molar-refractivity contribution is 4.71. The predicted molar refractivity (Wildman–Crippen MR) is 54.4 cm³/mol. The monoisotopic (exact) mass is 169 g/mol. The van der Waals surface area contributed by atoms with E-state index in [0.717, 1.165) is 5.92 Å². The lowest BCUT2D eigenvalue weighted by molar-refractivity contribution is 0.220. The first-order valence-electron chi connectivity index (χ1n) is 5.59. The Balaban J connectivity index is 2.01. The van der Waals surface area contributed by atoms with Gasteiger partial charge in [0.2, 0.25) is 0 Å². The molecule has 0 aliphatic heterocycles. The van der Waals surface area contributed by atoms with E-state index in [4.69, 9.17) is 0 Å². The molecule has 72 valence electrons. The maximum absolute atomic E-state index is 2.58. The molecule has 12 heavy (non-hydrogen) atoms. The standard InChI is InChI=1S/C11H23N/c1-3-9-12(4-2)10-8-11-6-5-7-11/h11H,3-10H2,1-2H3. The third-order valence-electron chi connectivity index (χ3n) is 3.07. The maximum atomic E-state index is 2.58. The van der Waals surface area contributed by atoms with Gasteiger partial charge in [-0.15, -0.1) is 0 Å². The van der Waals surface area contributed by atoms with Gasteiger partial charge in [-0.3, -0.25) is 0 Å². The van der Waals surface area contributed by atoms with E-state index in [1.807, 2.05) is 0 Å². The summed E-state index contributed by atoms with van der Waals surface area (Å²) in [6.07, 6.45) is 7.25. The fourth-order valence-electron chi connectivity index (χ4n) is 1.89. The van der Waals surface area contributed by atoms with Crippen LogP contribution in [0.25, 0.3) is 0 Å². The number of hydrogen-bond acceptors (Lipinski definition) is 1. The van der Waals surface area contributed by atoms with Crippen LogP contribution < -0.4 is 0 Å². The second kappa shape index (κ2) is 5.58. The molecule has 1 aliphatic carbocycles. The van der Waals surface area contributed by atoms with Gasteiger partial charge < -0.3 is 4.90 Å². The van der Waals surface area contributed by atoms with E-state index >= 15 is 0 Å². The van der Waals surface area contributed by atoms with Gasteiger partial charge in [-0.1, -0.05) is 33.1 Å². The lowest BCUT2D eigenvalue weighted by atomic mass is 9.83. The lowest BCUT2D eigenvalue weighted by Gasteiger charge is -2.28. The highest BCUT2D eigenvalue weighted by Crippen LogP contribution is 2.29. The molecule has 0 atom stereocenters. The van der Waals surface area contributed by atoms with Crippen LogP contribution >= 0.6 is 0 Å². The summed E-state index contributed by atoms with van der Waals surface area (Å²) in [5.41, 5.74) is 0. The Morgan fingerprint density at radius 1 is 1.17 bits per heavy atom. The molecule has 0 bridgehead atoms. The maximum Gasteiger partial charge on any atom is -0.00162 e. The molecule has 0 aromatic heterocycles. The summed E-state index contributed by atoms with van der Waals surface area (Å²) in [6, 6.07) is 0. The molecule has 0 radical (unpaired) electrons. The fourth-order valence-corrected chi connectivity index (χ4v) is 1.89. The average Bonchev–Trinajstić information content (AvgIpc) is 2.00. The number of nitrogens with zero attached hydrogens (tertiary/aromatic N) is 1. The molecule has 1 saturated carbocycles. The summed E-state index contributed by atoms with van der Waals surface area (Å²) in [6.45, 7) is 8.42. The first-order valence-corrected chi connectivity index (χ1v) is 5.59. The molecule has 1 nitrogen and oxygen atoms in total. The van der Waals surface area contributed by atoms with Crippen molar-refractivity contribution in [3.8, 4) is 0 Å². The van der Waals surface area contributed by atoms with Crippen molar-refractivity contribution in [1.82, 2.24) is 4.90 Å². The van der Waals surface area contributed by atoms with Crippen molar-refractivity contribution in [3.63, 3.8) is 0 Å². The van der Waals surface area contributed by atoms with Crippen molar-refractivity contribution in [2.75, 3.05) is 19.6 Å². The fraction of sp³-hybridized carbons (Fsp3) is 1.00. The normalized spacial score (nSPS) is 18.2. The zero-order valence-corrected chi connectivity index (χ0v) is 8.68. The minimum atomic E-state index is 1.08. The highest BCUT2D eigenvalue weighted by Gasteiger charge is 2.17. The molecule has 1 aliphatic rings. The molecule has 0 amide bonds. The number of rotatable bonds is 6. The quantitative estimate of drug-likeness (QED) is 0.591. The molecule has 0 unspecified atom stereocenters. The van der Waals surface area contributed by atoms with Crippen LogP contribution in [0.1, 0.15) is 46.0 Å². The van der Waals surface area contributed by atoms with Crippen LogP contribution in [0.4, 0.5) is 0 Å². The smallest absolute Gasteiger partial charge is 0.00162 e. The molecule has 0 aromatic carbocycles. The lowest BCUT2D eigenvalue weighted by Crippen LogP contribution is -2.28. The van der Waals surface area contributed by atoms with Crippen molar-refractivity contribution >= 4 is 0 Å². The van der Waals surface area contributed by atoms with Gasteiger partial charge in [0.25, 0.3) is 0 Å². The van der Waals surface area contributed by atoms with Crippen molar-refractivity contribution in [1.29, 1.82) is 0 Å². The summed E-state index contributed by atoms with van der Waals surface area (Å²) < 4.78 is 0. The first-order chi connectivity index (χ1) is 5.86. The molecular weight excluding hydrogens is 146 g/mol. The van der Waals surface area contributed by atoms with Gasteiger partial charge in [0.1, 0.15) is 0 Å². The van der Waals surface area contributed by atoms with Crippen LogP contribution in [0.3, 0.4) is 0 Å². The van der Waals surface area contributed by atoms with E-state index < -0.39 is 0 Å². The Kier molecular flexibility index (Phi) is 4.67. The number of hydrogen-bond donors (Lipinski definition) is 0. The Bertz CT molecular complexity index is 108. The van der Waals surface area contributed by atoms with E-state index in [-0.39, 0.29) is 0 Å². The second-order valence-electron chi connectivity index (χ2n) is 4.02. The molecular formula is C11H23N. The molecule has 0 spiro atoms. The summed E-state index contributed by atoms with van der Waals surface area (Å²) in [5, 5.41) is 0. The molecule has 1 heteroatoms. The van der Waals surface area contributed by atoms with Gasteiger partial charge in [0, 0.05) is 0 Å². The highest BCUT2D eigenvalue weighted by atomic mass is 15.1. The molecule has 1 fully saturated rings. The Morgan fingerprint density at radius 3 is 2.33 bits per heavy atom. The molecule has 0 heterocycles. The van der Waals surface area contributed by atoms with Gasteiger partial charge in [-0.25, -0.2) is 0 Å². The molecule has 0 N–H and O–H groups in total. The van der Waals surface area contributed by atoms with Crippen LogP contribution in [0.15, 0.2) is 0 Å². The molecule has 0 saturated heterocycles. The summed E-state index contributed by atoms with van der Waals surface area (Å²) in [4.78, 5) is 2.58. The predicted octanol–water partition coefficient (Wildman–Crippen LogP) is 2.91. The van der Waals surface area contributed by atoms with Gasteiger partial charge in [-0.05, 0) is 38.4 Å². The molecule has 1 rings (SSSR count). The topological polar surface area (TPSA) is 3.24 Å². The third kappa shape index (κ3) is 3.14. The minimum absolute atomic E-state index is 1.08.